The summed E-state index contributed by atoms with van der Waals surface area (Å²) in [6.45, 7) is 5.94. The number of likely N-dealkylation sites (tertiary alicyclic amines) is 1. The second-order valence-corrected chi connectivity index (χ2v) is 8.01. The zero-order valence-electron chi connectivity index (χ0n) is 14.0. The summed E-state index contributed by atoms with van der Waals surface area (Å²) in [6.07, 6.45) is 3.76. The van der Waals surface area contributed by atoms with Crippen LogP contribution in [0.3, 0.4) is 0 Å². The maximum atomic E-state index is 11.9. The van der Waals surface area contributed by atoms with Crippen LogP contribution in [0.4, 0.5) is 5.69 Å². The molecule has 0 bridgehead atoms. The molecule has 0 amide bonds. The van der Waals surface area contributed by atoms with Crippen LogP contribution in [-0.2, 0) is 10.0 Å². The number of nitrogens with zero attached hydrogens (tertiary/aromatic N) is 2. The number of anilines is 1. The highest BCUT2D eigenvalue weighted by Crippen LogP contribution is 2.26. The highest BCUT2D eigenvalue weighted by Gasteiger charge is 2.24. The molecule has 1 atom stereocenters. The molecule has 0 saturated carbocycles. The van der Waals surface area contributed by atoms with Gasteiger partial charge in [-0.3, -0.25) is 4.90 Å². The van der Waals surface area contributed by atoms with Gasteiger partial charge in [0.1, 0.15) is 0 Å². The Bertz CT molecular complexity index is 605. The SMILES string of the molecule is C=CCS(=O)(=O)NC[C@@H](c1ccc(N(C)C)cc1)N1CCCC1. The standard InChI is InChI=1S/C17H27N3O2S/c1-4-13-23(21,22)18-14-17(20-11-5-6-12-20)15-7-9-16(10-8-15)19(2)3/h4,7-10,17-18H,1,5-6,11-14H2,2-3H3/t17-/m0/s1. The van der Waals surface area contributed by atoms with Crippen molar-refractivity contribution in [1.82, 2.24) is 9.62 Å². The zero-order valence-corrected chi connectivity index (χ0v) is 14.8. The van der Waals surface area contributed by atoms with Gasteiger partial charge in [0.25, 0.3) is 0 Å². The summed E-state index contributed by atoms with van der Waals surface area (Å²) in [6, 6.07) is 8.43. The van der Waals surface area contributed by atoms with Crippen LogP contribution in [0.1, 0.15) is 24.4 Å². The molecule has 0 spiro atoms. The molecule has 1 aliphatic rings. The summed E-state index contributed by atoms with van der Waals surface area (Å²) in [5.41, 5.74) is 2.29. The van der Waals surface area contributed by atoms with Crippen LogP contribution in [0.2, 0.25) is 0 Å². The number of sulfonamides is 1. The van der Waals surface area contributed by atoms with Crippen LogP contribution < -0.4 is 9.62 Å². The summed E-state index contributed by atoms with van der Waals surface area (Å²) >= 11 is 0. The lowest BCUT2D eigenvalue weighted by Gasteiger charge is -2.28. The first-order chi connectivity index (χ1) is 10.9. The molecule has 2 rings (SSSR count). The molecule has 5 nitrogen and oxygen atoms in total. The van der Waals surface area contributed by atoms with Crippen molar-refractivity contribution in [2.45, 2.75) is 18.9 Å². The molecule has 0 radical (unpaired) electrons. The van der Waals surface area contributed by atoms with Crippen LogP contribution in [0.15, 0.2) is 36.9 Å². The third-order valence-corrected chi connectivity index (χ3v) is 5.49. The molecule has 1 heterocycles. The smallest absolute Gasteiger partial charge is 0.215 e. The predicted octanol–water partition coefficient (Wildman–Crippen LogP) is 1.99. The largest absolute Gasteiger partial charge is 0.378 e. The summed E-state index contributed by atoms with van der Waals surface area (Å²) in [7, 11) is 0.732. The van der Waals surface area contributed by atoms with Crippen molar-refractivity contribution in [1.29, 1.82) is 0 Å². The van der Waals surface area contributed by atoms with E-state index in [1.807, 2.05) is 14.1 Å². The Labute approximate surface area is 140 Å². The Morgan fingerprint density at radius 3 is 2.39 bits per heavy atom. The molecule has 1 fully saturated rings. The van der Waals surface area contributed by atoms with Crippen molar-refractivity contribution in [3.05, 3.63) is 42.5 Å². The van der Waals surface area contributed by atoms with Crippen molar-refractivity contribution >= 4 is 15.7 Å². The normalized spacial score (nSPS) is 17.1. The number of benzene rings is 1. The minimum atomic E-state index is -3.29. The van der Waals surface area contributed by atoms with E-state index < -0.39 is 10.0 Å². The molecule has 6 heteroatoms. The molecule has 1 N–H and O–H groups in total. The van der Waals surface area contributed by atoms with E-state index in [9.17, 15) is 8.42 Å². The highest BCUT2D eigenvalue weighted by molar-refractivity contribution is 7.89. The summed E-state index contributed by atoms with van der Waals surface area (Å²) < 4.78 is 26.6. The van der Waals surface area contributed by atoms with Crippen molar-refractivity contribution in [3.8, 4) is 0 Å². The van der Waals surface area contributed by atoms with Gasteiger partial charge < -0.3 is 4.90 Å². The van der Waals surface area contributed by atoms with Gasteiger partial charge in [0, 0.05) is 32.4 Å². The van der Waals surface area contributed by atoms with E-state index in [2.05, 4.69) is 45.4 Å². The van der Waals surface area contributed by atoms with Crippen LogP contribution in [0.5, 0.6) is 0 Å². The van der Waals surface area contributed by atoms with Crippen molar-refractivity contribution in [2.75, 3.05) is 44.4 Å². The fourth-order valence-corrected chi connectivity index (χ4v) is 3.77. The molecular weight excluding hydrogens is 310 g/mol. The van der Waals surface area contributed by atoms with E-state index in [-0.39, 0.29) is 11.8 Å². The van der Waals surface area contributed by atoms with E-state index in [1.54, 1.807) is 0 Å². The molecule has 0 aromatic heterocycles. The van der Waals surface area contributed by atoms with E-state index in [4.69, 9.17) is 0 Å². The van der Waals surface area contributed by atoms with Gasteiger partial charge >= 0.3 is 0 Å². The van der Waals surface area contributed by atoms with E-state index in [1.165, 1.54) is 18.9 Å². The molecule has 0 unspecified atom stereocenters. The predicted molar refractivity (Wildman–Crippen MR) is 96.3 cm³/mol. The van der Waals surface area contributed by atoms with Crippen LogP contribution >= 0.6 is 0 Å². The van der Waals surface area contributed by atoms with Gasteiger partial charge in [0.2, 0.25) is 10.0 Å². The Morgan fingerprint density at radius 1 is 1.26 bits per heavy atom. The molecule has 1 aliphatic heterocycles. The first-order valence-electron chi connectivity index (χ1n) is 8.02. The Morgan fingerprint density at radius 2 is 1.87 bits per heavy atom. The first-order valence-corrected chi connectivity index (χ1v) is 9.68. The molecule has 1 aromatic carbocycles. The lowest BCUT2D eigenvalue weighted by molar-refractivity contribution is 0.246. The van der Waals surface area contributed by atoms with Gasteiger partial charge in [-0.2, -0.15) is 0 Å². The van der Waals surface area contributed by atoms with Crippen LogP contribution in [-0.4, -0.2) is 52.8 Å². The summed E-state index contributed by atoms with van der Waals surface area (Å²) in [4.78, 5) is 4.42. The Hall–Kier alpha value is -1.37. The molecule has 128 valence electrons. The Balaban J connectivity index is 2.15. The van der Waals surface area contributed by atoms with Gasteiger partial charge in [0.05, 0.1) is 5.75 Å². The number of hydrogen-bond donors (Lipinski definition) is 1. The van der Waals surface area contributed by atoms with Gasteiger partial charge in [-0.25, -0.2) is 13.1 Å². The lowest BCUT2D eigenvalue weighted by Crippen LogP contribution is -2.37. The second kappa shape index (κ2) is 7.95. The third kappa shape index (κ3) is 5.06. The Kier molecular flexibility index (Phi) is 6.21. The average molecular weight is 337 g/mol. The van der Waals surface area contributed by atoms with Crippen molar-refractivity contribution < 1.29 is 8.42 Å². The van der Waals surface area contributed by atoms with Gasteiger partial charge in [0.15, 0.2) is 0 Å². The first kappa shape index (κ1) is 18.0. The van der Waals surface area contributed by atoms with Gasteiger partial charge in [-0.05, 0) is 43.6 Å². The number of rotatable bonds is 8. The minimum Gasteiger partial charge on any atom is -0.378 e. The van der Waals surface area contributed by atoms with Crippen molar-refractivity contribution in [3.63, 3.8) is 0 Å². The van der Waals surface area contributed by atoms with Crippen molar-refractivity contribution in [2.24, 2.45) is 0 Å². The molecular formula is C17H27N3O2S. The maximum Gasteiger partial charge on any atom is 0.215 e. The van der Waals surface area contributed by atoms with E-state index >= 15 is 0 Å². The quantitative estimate of drug-likeness (QED) is 0.737. The average Bonchev–Trinajstić information content (AvgIpc) is 3.02. The topological polar surface area (TPSA) is 52.7 Å². The van der Waals surface area contributed by atoms with E-state index in [0.29, 0.717) is 6.54 Å². The zero-order chi connectivity index (χ0) is 16.9. The van der Waals surface area contributed by atoms with Crippen LogP contribution in [0, 0.1) is 0 Å². The number of hydrogen-bond acceptors (Lipinski definition) is 4. The molecule has 1 aromatic rings. The second-order valence-electron chi connectivity index (χ2n) is 6.16. The summed E-state index contributed by atoms with van der Waals surface area (Å²) in [5.74, 6) is -0.0424. The minimum absolute atomic E-state index is 0.0424. The monoisotopic (exact) mass is 337 g/mol. The maximum absolute atomic E-state index is 11.9. The molecule has 23 heavy (non-hydrogen) atoms. The summed E-state index contributed by atoms with van der Waals surface area (Å²) in [5, 5.41) is 0. The number of nitrogens with one attached hydrogen (secondary N) is 1. The van der Waals surface area contributed by atoms with Gasteiger partial charge in [-0.1, -0.05) is 18.2 Å². The van der Waals surface area contributed by atoms with Crippen LogP contribution in [0.25, 0.3) is 0 Å². The molecule has 0 aliphatic carbocycles. The highest BCUT2D eigenvalue weighted by atomic mass is 32.2. The third-order valence-electron chi connectivity index (χ3n) is 4.21. The lowest BCUT2D eigenvalue weighted by atomic mass is 10.1. The fourth-order valence-electron chi connectivity index (χ4n) is 2.93. The van der Waals surface area contributed by atoms with E-state index in [0.717, 1.165) is 24.3 Å². The molecule has 1 saturated heterocycles. The van der Waals surface area contributed by atoms with Gasteiger partial charge in [-0.15, -0.1) is 6.58 Å². The fraction of sp³-hybridized carbons (Fsp3) is 0.529.